The van der Waals surface area contributed by atoms with E-state index in [1.54, 1.807) is 52.0 Å². The number of fused-ring (bicyclic) bond motifs is 4. The van der Waals surface area contributed by atoms with Crippen LogP contribution in [0.1, 0.15) is 104 Å². The van der Waals surface area contributed by atoms with E-state index in [0.29, 0.717) is 34.7 Å². The highest BCUT2D eigenvalue weighted by Gasteiger charge is 2.34. The molecule has 3 aromatic carbocycles. The second kappa shape index (κ2) is 20.7. The average molecular weight is 1030 g/mol. The fourth-order valence-electron chi connectivity index (χ4n) is 9.70. The van der Waals surface area contributed by atoms with E-state index >= 15 is 0 Å². The van der Waals surface area contributed by atoms with Crippen molar-refractivity contribution in [2.45, 2.75) is 82.8 Å². The number of hydrogen-bond acceptors (Lipinski definition) is 10. The zero-order valence-electron chi connectivity index (χ0n) is 42.5. The van der Waals surface area contributed by atoms with Crippen molar-refractivity contribution in [1.29, 1.82) is 0 Å². The van der Waals surface area contributed by atoms with Crippen LogP contribution in [-0.2, 0) is 47.1 Å². The summed E-state index contributed by atoms with van der Waals surface area (Å²) >= 11 is 0. The average Bonchev–Trinajstić information content (AvgIpc) is 4.09. The minimum Gasteiger partial charge on any atom is -0.487 e. The number of amides is 5. The van der Waals surface area contributed by atoms with Gasteiger partial charge in [-0.15, -0.1) is 0 Å². The smallest absolute Gasteiger partial charge is 0.411 e. The normalized spacial score (nSPS) is 14.2. The molecule has 0 spiro atoms. The van der Waals surface area contributed by atoms with E-state index in [9.17, 15) is 32.4 Å². The number of rotatable bonds is 16. The number of primary amides is 1. The lowest BCUT2D eigenvalue weighted by Gasteiger charge is -2.35. The zero-order chi connectivity index (χ0) is 53.4. The molecule has 5 amide bonds. The van der Waals surface area contributed by atoms with Gasteiger partial charge in [-0.25, -0.2) is 17.9 Å². The van der Waals surface area contributed by atoms with Crippen LogP contribution in [0.4, 0.5) is 21.9 Å². The number of guanidine groups is 1. The lowest BCUT2D eigenvalue weighted by Crippen LogP contribution is -2.45. The summed E-state index contributed by atoms with van der Waals surface area (Å²) in [6.45, 7) is 9.46. The van der Waals surface area contributed by atoms with E-state index in [1.165, 1.54) is 33.5 Å². The highest BCUT2D eigenvalue weighted by Crippen LogP contribution is 2.45. The predicted molar refractivity (Wildman–Crippen MR) is 281 cm³/mol. The van der Waals surface area contributed by atoms with E-state index in [4.69, 9.17) is 20.9 Å². The summed E-state index contributed by atoms with van der Waals surface area (Å²) in [5.74, 6) is -2.23. The molecule has 20 nitrogen and oxygen atoms in total. The van der Waals surface area contributed by atoms with E-state index in [0.717, 1.165) is 39.8 Å². The van der Waals surface area contributed by atoms with Crippen LogP contribution in [0.15, 0.2) is 95.2 Å². The maximum atomic E-state index is 13.6. The summed E-state index contributed by atoms with van der Waals surface area (Å²) in [6.07, 6.45) is 5.66. The van der Waals surface area contributed by atoms with Gasteiger partial charge in [0.1, 0.15) is 41.1 Å². The number of benzene rings is 3. The number of carbonyl (C=O) groups is 5. The Kier molecular flexibility index (Phi) is 14.5. The van der Waals surface area contributed by atoms with Crippen LogP contribution in [0.3, 0.4) is 0 Å². The summed E-state index contributed by atoms with van der Waals surface area (Å²) < 4.78 is 46.1. The Morgan fingerprint density at radius 1 is 0.757 bits per heavy atom. The van der Waals surface area contributed by atoms with Gasteiger partial charge in [0.15, 0.2) is 0 Å². The molecular weight excluding hydrogens is 967 g/mol. The standard InChI is InChI=1S/C53H61N11O9S/c1-29-30(2)46(31(3)35-19-20-53(4,5)73-45(29)35)74(70,71)61-51(55)56-21-13-18-41(47(54)65)60-50(68)44-23-33(26-63(44)7)58-48(66)42-22-32(25-62(42)6)57-49(67)43-24-34(27-64(43)8)59-52(69)72-28-40-38-16-11-9-14-36(38)37-15-10-12-17-39(37)40/h9-12,14-17,22-27,40-41H,13,18-21,28H2,1-8H3,(H2,54,65)(H,57,67)(H,58,66)(H,59,69)(H,60,68)(H3,55,56,61)/t41-/m0/s1. The zero-order valence-corrected chi connectivity index (χ0v) is 43.3. The molecule has 3 aromatic heterocycles. The Hall–Kier alpha value is -8.33. The van der Waals surface area contributed by atoms with Crippen LogP contribution in [0.25, 0.3) is 11.1 Å². The van der Waals surface area contributed by atoms with Gasteiger partial charge in [-0.2, -0.15) is 0 Å². The first kappa shape index (κ1) is 52.0. The molecular formula is C53H61N11O9S. The molecule has 388 valence electrons. The first-order valence-electron chi connectivity index (χ1n) is 24.0. The van der Waals surface area contributed by atoms with E-state index in [2.05, 4.69) is 43.1 Å². The number of aliphatic imine (C=N–C) groups is 1. The van der Waals surface area contributed by atoms with Crippen molar-refractivity contribution in [3.05, 3.63) is 136 Å². The molecule has 0 unspecified atom stereocenters. The van der Waals surface area contributed by atoms with Crippen molar-refractivity contribution in [2.24, 2.45) is 37.6 Å². The number of nitrogens with zero attached hydrogens (tertiary/aromatic N) is 4. The number of aryl methyl sites for hydroxylation is 3. The Balaban J connectivity index is 0.817. The van der Waals surface area contributed by atoms with Crippen molar-refractivity contribution in [1.82, 2.24) is 23.7 Å². The molecule has 1 aliphatic heterocycles. The highest BCUT2D eigenvalue weighted by molar-refractivity contribution is 7.90. The summed E-state index contributed by atoms with van der Waals surface area (Å²) in [4.78, 5) is 70.1. The number of nitrogens with two attached hydrogens (primary N) is 2. The van der Waals surface area contributed by atoms with E-state index < -0.39 is 45.8 Å². The molecule has 9 N–H and O–H groups in total. The molecule has 0 bridgehead atoms. The topological polar surface area (TPSA) is 277 Å². The SMILES string of the molecule is Cc1c(C)c(S(=O)(=O)NC(N)=NCCC[C@H](NC(=O)c2cc(NC(=O)c3cc(NC(=O)c4cc(NC(=O)OCC5c6ccccc6-c6ccccc65)cn4C)cn3C)cn2C)C(N)=O)c(C)c2c1OC(C)(C)CC2. The molecule has 74 heavy (non-hydrogen) atoms. The molecule has 2 aliphatic rings. The molecule has 21 heteroatoms. The molecule has 4 heterocycles. The number of aromatic nitrogens is 3. The van der Waals surface area contributed by atoms with Gasteiger partial charge >= 0.3 is 6.09 Å². The van der Waals surface area contributed by atoms with Crippen molar-refractivity contribution < 1.29 is 41.9 Å². The lowest BCUT2D eigenvalue weighted by molar-refractivity contribution is -0.120. The highest BCUT2D eigenvalue weighted by atomic mass is 32.2. The molecule has 8 rings (SSSR count). The van der Waals surface area contributed by atoms with Crippen LogP contribution in [0.5, 0.6) is 5.75 Å². The number of carbonyl (C=O) groups excluding carboxylic acids is 5. The van der Waals surface area contributed by atoms with Crippen molar-refractivity contribution in [2.75, 3.05) is 29.1 Å². The van der Waals surface area contributed by atoms with Gasteiger partial charge in [-0.05, 0) is 123 Å². The minimum absolute atomic E-state index is 0.0131. The number of anilines is 3. The van der Waals surface area contributed by atoms with E-state index in [1.807, 2.05) is 57.2 Å². The van der Waals surface area contributed by atoms with Gasteiger partial charge in [0.2, 0.25) is 11.9 Å². The predicted octanol–water partition coefficient (Wildman–Crippen LogP) is 6.25. The number of sulfonamides is 1. The molecule has 1 aliphatic carbocycles. The van der Waals surface area contributed by atoms with Gasteiger partial charge in [0.05, 0.1) is 22.0 Å². The fraction of sp³-hybridized carbons (Fsp3) is 0.321. The molecule has 0 saturated carbocycles. The quantitative estimate of drug-likeness (QED) is 0.0325. The Morgan fingerprint density at radius 2 is 1.27 bits per heavy atom. The summed E-state index contributed by atoms with van der Waals surface area (Å²) in [5, 5.41) is 10.9. The Labute approximate surface area is 428 Å². The lowest BCUT2D eigenvalue weighted by atomic mass is 9.88. The van der Waals surface area contributed by atoms with Crippen LogP contribution < -0.4 is 42.2 Å². The first-order chi connectivity index (χ1) is 35.0. The van der Waals surface area contributed by atoms with Gasteiger partial charge in [0.25, 0.3) is 27.7 Å². The third kappa shape index (κ3) is 10.9. The molecule has 1 atom stereocenters. The molecule has 0 radical (unpaired) electrons. The van der Waals surface area contributed by atoms with Crippen molar-refractivity contribution in [3.8, 4) is 16.9 Å². The van der Waals surface area contributed by atoms with Gasteiger partial charge in [-0.1, -0.05) is 48.5 Å². The summed E-state index contributed by atoms with van der Waals surface area (Å²) in [7, 11) is 0.746. The van der Waals surface area contributed by atoms with Gasteiger partial charge < -0.3 is 50.6 Å². The Morgan fingerprint density at radius 3 is 1.81 bits per heavy atom. The Bertz CT molecular complexity index is 3340. The van der Waals surface area contributed by atoms with Crippen LogP contribution in [-0.4, -0.2) is 82.6 Å². The van der Waals surface area contributed by atoms with Gasteiger partial charge in [-0.3, -0.25) is 29.5 Å². The van der Waals surface area contributed by atoms with Crippen LogP contribution in [0, 0.1) is 20.8 Å². The van der Waals surface area contributed by atoms with Crippen LogP contribution >= 0.6 is 0 Å². The second-order valence-electron chi connectivity index (χ2n) is 19.4. The maximum Gasteiger partial charge on any atom is 0.411 e. The number of nitrogens with one attached hydrogen (secondary N) is 5. The largest absolute Gasteiger partial charge is 0.487 e. The third-order valence-corrected chi connectivity index (χ3v) is 15.2. The fourth-order valence-corrected chi connectivity index (χ4v) is 11.2. The number of ether oxygens (including phenoxy) is 2. The second-order valence-corrected chi connectivity index (χ2v) is 21.0. The molecule has 0 fully saturated rings. The van der Waals surface area contributed by atoms with Gasteiger partial charge in [0, 0.05) is 52.2 Å². The maximum absolute atomic E-state index is 13.6. The first-order valence-corrected chi connectivity index (χ1v) is 25.5. The monoisotopic (exact) mass is 1030 g/mol. The summed E-state index contributed by atoms with van der Waals surface area (Å²) in [5.41, 5.74) is 19.9. The minimum atomic E-state index is -4.13. The van der Waals surface area contributed by atoms with Crippen molar-refractivity contribution in [3.63, 3.8) is 0 Å². The molecule has 0 saturated heterocycles. The molecule has 6 aromatic rings. The van der Waals surface area contributed by atoms with Crippen molar-refractivity contribution >= 4 is 62.8 Å². The van der Waals surface area contributed by atoms with E-state index in [-0.39, 0.29) is 71.1 Å². The van der Waals surface area contributed by atoms with Crippen LogP contribution in [0.2, 0.25) is 0 Å². The third-order valence-electron chi connectivity index (χ3n) is 13.6. The number of hydrogen-bond donors (Lipinski definition) is 7. The summed E-state index contributed by atoms with van der Waals surface area (Å²) in [6, 6.07) is 19.4.